The standard InChI is InChI=1S/C16H17F3N2O2/c1-2-3-15(22)23-21-13-5-4-10(16(17,18)19)8-11(13)12-9-20-7-6-14(12)21/h4-5,8,20H,2-3,6-7,9H2,1H3. The van der Waals surface area contributed by atoms with Gasteiger partial charge in [-0.1, -0.05) is 6.92 Å². The zero-order chi connectivity index (χ0) is 16.6. The van der Waals surface area contributed by atoms with Crippen LogP contribution in [0.15, 0.2) is 18.2 Å². The van der Waals surface area contributed by atoms with Gasteiger partial charge < -0.3 is 10.2 Å². The zero-order valence-electron chi connectivity index (χ0n) is 12.7. The van der Waals surface area contributed by atoms with Crippen molar-refractivity contribution in [3.05, 3.63) is 35.0 Å². The molecule has 0 aliphatic carbocycles. The first kappa shape index (κ1) is 15.9. The molecule has 1 N–H and O–H groups in total. The molecule has 2 aromatic rings. The Hall–Kier alpha value is -2.02. The van der Waals surface area contributed by atoms with Crippen molar-refractivity contribution >= 4 is 16.9 Å². The fourth-order valence-corrected chi connectivity index (χ4v) is 2.88. The van der Waals surface area contributed by atoms with E-state index in [2.05, 4.69) is 5.32 Å². The number of fused-ring (bicyclic) bond motifs is 3. The molecule has 1 aliphatic rings. The van der Waals surface area contributed by atoms with Crippen LogP contribution in [-0.2, 0) is 23.9 Å². The molecule has 23 heavy (non-hydrogen) atoms. The van der Waals surface area contributed by atoms with Crippen LogP contribution in [0.1, 0.15) is 36.6 Å². The van der Waals surface area contributed by atoms with Gasteiger partial charge in [0, 0.05) is 31.3 Å². The third kappa shape index (κ3) is 2.93. The predicted octanol–water partition coefficient (Wildman–Crippen LogP) is 3.06. The summed E-state index contributed by atoms with van der Waals surface area (Å²) in [6.45, 7) is 3.02. The van der Waals surface area contributed by atoms with Crippen molar-refractivity contribution in [3.8, 4) is 0 Å². The van der Waals surface area contributed by atoms with Gasteiger partial charge in [-0.25, -0.2) is 4.79 Å². The normalized spacial score (nSPS) is 14.8. The molecule has 1 aliphatic heterocycles. The van der Waals surface area contributed by atoms with Crippen LogP contribution < -0.4 is 10.2 Å². The number of nitrogens with zero attached hydrogens (tertiary/aromatic N) is 1. The molecule has 0 bridgehead atoms. The molecule has 0 saturated carbocycles. The van der Waals surface area contributed by atoms with Gasteiger partial charge in [-0.2, -0.15) is 17.9 Å². The fraction of sp³-hybridized carbons (Fsp3) is 0.438. The molecule has 0 amide bonds. The molecule has 0 atom stereocenters. The van der Waals surface area contributed by atoms with E-state index in [-0.39, 0.29) is 12.4 Å². The minimum atomic E-state index is -4.40. The molecular weight excluding hydrogens is 309 g/mol. The van der Waals surface area contributed by atoms with Crippen LogP contribution in [0, 0.1) is 0 Å². The summed E-state index contributed by atoms with van der Waals surface area (Å²) in [6.07, 6.45) is -2.87. The van der Waals surface area contributed by atoms with Crippen molar-refractivity contribution in [1.82, 2.24) is 10.0 Å². The van der Waals surface area contributed by atoms with Crippen LogP contribution in [0.4, 0.5) is 13.2 Å². The van der Waals surface area contributed by atoms with Crippen LogP contribution in [0.3, 0.4) is 0 Å². The fourth-order valence-electron chi connectivity index (χ4n) is 2.88. The molecule has 0 spiro atoms. The Bertz CT molecular complexity index is 750. The van der Waals surface area contributed by atoms with Crippen molar-refractivity contribution < 1.29 is 22.8 Å². The van der Waals surface area contributed by atoms with Gasteiger partial charge in [0.25, 0.3) is 0 Å². The SMILES string of the molecule is CCCC(=O)On1c2c(c3cc(C(F)(F)F)ccc31)CNCC2. The third-order valence-electron chi connectivity index (χ3n) is 3.95. The molecule has 0 fully saturated rings. The highest BCUT2D eigenvalue weighted by Crippen LogP contribution is 2.35. The van der Waals surface area contributed by atoms with E-state index in [4.69, 9.17) is 4.84 Å². The Labute approximate surface area is 131 Å². The molecule has 4 nitrogen and oxygen atoms in total. The van der Waals surface area contributed by atoms with Crippen LogP contribution >= 0.6 is 0 Å². The summed E-state index contributed by atoms with van der Waals surface area (Å²) in [5.74, 6) is -0.384. The summed E-state index contributed by atoms with van der Waals surface area (Å²) >= 11 is 0. The second-order valence-corrected chi connectivity index (χ2v) is 5.59. The van der Waals surface area contributed by atoms with Gasteiger partial charge in [-0.3, -0.25) is 0 Å². The van der Waals surface area contributed by atoms with Gasteiger partial charge in [0.15, 0.2) is 0 Å². The highest BCUT2D eigenvalue weighted by molar-refractivity contribution is 5.87. The van der Waals surface area contributed by atoms with Crippen LogP contribution in [0.2, 0.25) is 0 Å². The lowest BCUT2D eigenvalue weighted by Gasteiger charge is -2.16. The Morgan fingerprint density at radius 3 is 2.87 bits per heavy atom. The van der Waals surface area contributed by atoms with Gasteiger partial charge in [0.05, 0.1) is 16.8 Å². The number of carbonyl (C=O) groups excluding carboxylic acids is 1. The summed E-state index contributed by atoms with van der Waals surface area (Å²) in [4.78, 5) is 17.2. The quantitative estimate of drug-likeness (QED) is 0.943. The van der Waals surface area contributed by atoms with Crippen molar-refractivity contribution in [1.29, 1.82) is 0 Å². The van der Waals surface area contributed by atoms with Crippen LogP contribution in [0.5, 0.6) is 0 Å². The monoisotopic (exact) mass is 326 g/mol. The number of rotatable bonds is 3. The number of alkyl halides is 3. The van der Waals surface area contributed by atoms with E-state index >= 15 is 0 Å². The average molecular weight is 326 g/mol. The molecule has 7 heteroatoms. The Balaban J connectivity index is 2.14. The Morgan fingerprint density at radius 1 is 1.39 bits per heavy atom. The molecule has 1 aromatic carbocycles. The van der Waals surface area contributed by atoms with E-state index < -0.39 is 11.7 Å². The highest BCUT2D eigenvalue weighted by Gasteiger charge is 2.32. The summed E-state index contributed by atoms with van der Waals surface area (Å²) in [6, 6.07) is 3.52. The summed E-state index contributed by atoms with van der Waals surface area (Å²) in [7, 11) is 0. The smallest absolute Gasteiger partial charge is 0.336 e. The minimum Gasteiger partial charge on any atom is -0.336 e. The van der Waals surface area contributed by atoms with Crippen molar-refractivity contribution in [2.45, 2.75) is 38.9 Å². The number of carbonyl (C=O) groups is 1. The number of nitrogens with one attached hydrogen (secondary N) is 1. The lowest BCUT2D eigenvalue weighted by molar-refractivity contribution is -0.144. The molecule has 2 heterocycles. The lowest BCUT2D eigenvalue weighted by Crippen LogP contribution is -2.28. The van der Waals surface area contributed by atoms with Gasteiger partial charge in [-0.05, 0) is 30.2 Å². The van der Waals surface area contributed by atoms with E-state index in [0.717, 1.165) is 23.4 Å². The third-order valence-corrected chi connectivity index (χ3v) is 3.95. The molecule has 0 radical (unpaired) electrons. The van der Waals surface area contributed by atoms with Gasteiger partial charge in [0.2, 0.25) is 0 Å². The largest absolute Gasteiger partial charge is 0.416 e. The second kappa shape index (κ2) is 5.88. The highest BCUT2D eigenvalue weighted by atomic mass is 19.4. The molecule has 124 valence electrons. The molecule has 0 unspecified atom stereocenters. The van der Waals surface area contributed by atoms with Gasteiger partial charge in [0.1, 0.15) is 0 Å². The first-order valence-corrected chi connectivity index (χ1v) is 7.57. The first-order chi connectivity index (χ1) is 10.9. The maximum absolute atomic E-state index is 13.0. The van der Waals surface area contributed by atoms with E-state index in [1.807, 2.05) is 6.92 Å². The van der Waals surface area contributed by atoms with Crippen LogP contribution in [-0.4, -0.2) is 17.2 Å². The van der Waals surface area contributed by atoms with Crippen molar-refractivity contribution in [3.63, 3.8) is 0 Å². The second-order valence-electron chi connectivity index (χ2n) is 5.59. The number of hydrogen-bond donors (Lipinski definition) is 1. The minimum absolute atomic E-state index is 0.271. The van der Waals surface area contributed by atoms with E-state index in [9.17, 15) is 18.0 Å². The summed E-state index contributed by atoms with van der Waals surface area (Å²) in [5, 5.41) is 3.63. The molecule has 1 aromatic heterocycles. The number of aromatic nitrogens is 1. The Morgan fingerprint density at radius 2 is 2.17 bits per heavy atom. The van der Waals surface area contributed by atoms with Gasteiger partial charge in [-0.15, -0.1) is 0 Å². The first-order valence-electron chi connectivity index (χ1n) is 7.57. The zero-order valence-corrected chi connectivity index (χ0v) is 12.7. The summed E-state index contributed by atoms with van der Waals surface area (Å²) < 4.78 is 40.3. The van der Waals surface area contributed by atoms with Crippen molar-refractivity contribution in [2.75, 3.05) is 6.54 Å². The van der Waals surface area contributed by atoms with E-state index in [1.54, 1.807) is 0 Å². The number of halogens is 3. The molecule has 0 saturated heterocycles. The van der Waals surface area contributed by atoms with Crippen LogP contribution in [0.25, 0.3) is 10.9 Å². The molecular formula is C16H17F3N2O2. The topological polar surface area (TPSA) is 43.3 Å². The number of hydrogen-bond acceptors (Lipinski definition) is 3. The van der Waals surface area contributed by atoms with Crippen molar-refractivity contribution in [2.24, 2.45) is 0 Å². The van der Waals surface area contributed by atoms with E-state index in [1.165, 1.54) is 10.8 Å². The average Bonchev–Trinajstić information content (AvgIpc) is 2.81. The maximum Gasteiger partial charge on any atom is 0.416 e. The van der Waals surface area contributed by atoms with Gasteiger partial charge >= 0.3 is 12.1 Å². The molecule has 3 rings (SSSR count). The lowest BCUT2D eigenvalue weighted by atomic mass is 10.0. The Kier molecular flexibility index (Phi) is 4.06. The summed E-state index contributed by atoms with van der Waals surface area (Å²) in [5.41, 5.74) is 1.33. The maximum atomic E-state index is 13.0. The van der Waals surface area contributed by atoms with E-state index in [0.29, 0.717) is 36.8 Å². The predicted molar refractivity (Wildman–Crippen MR) is 78.8 cm³/mol. The number of benzene rings is 1.